The van der Waals surface area contributed by atoms with Crippen molar-refractivity contribution in [3.63, 3.8) is 0 Å². The molecule has 4 nitrogen and oxygen atoms in total. The first-order chi connectivity index (χ1) is 6.60. The Balaban J connectivity index is 3.96. The van der Waals surface area contributed by atoms with Crippen LogP contribution in [0.4, 0.5) is 0 Å². The number of carboxylic acids is 1. The van der Waals surface area contributed by atoms with Gasteiger partial charge in [0, 0.05) is 12.8 Å². The van der Waals surface area contributed by atoms with Gasteiger partial charge in [-0.25, -0.2) is 0 Å². The van der Waals surface area contributed by atoms with Crippen LogP contribution in [-0.2, 0) is 14.3 Å². The van der Waals surface area contributed by atoms with Crippen molar-refractivity contribution in [1.82, 2.24) is 0 Å². The minimum atomic E-state index is -0.852. The molecule has 0 rings (SSSR count). The number of carboxylic acid groups (broad SMARTS) is 1. The highest BCUT2D eigenvalue weighted by molar-refractivity contribution is 5.72. The van der Waals surface area contributed by atoms with Gasteiger partial charge in [-0.1, -0.05) is 19.8 Å². The van der Waals surface area contributed by atoms with Crippen LogP contribution in [0.15, 0.2) is 0 Å². The van der Waals surface area contributed by atoms with Gasteiger partial charge in [-0.3, -0.25) is 9.59 Å². The Kier molecular flexibility index (Phi) is 6.80. The Morgan fingerprint density at radius 1 is 1.36 bits per heavy atom. The highest BCUT2D eigenvalue weighted by atomic mass is 16.5. The summed E-state index contributed by atoms with van der Waals surface area (Å²) < 4.78 is 4.51. The van der Waals surface area contributed by atoms with Crippen LogP contribution in [0.25, 0.3) is 0 Å². The lowest BCUT2D eigenvalue weighted by Crippen LogP contribution is -2.14. The number of aliphatic carboxylic acids is 1. The predicted octanol–water partition coefficient (Wildman–Crippen LogP) is 1.83. The molecule has 1 unspecified atom stereocenters. The van der Waals surface area contributed by atoms with Gasteiger partial charge in [-0.05, 0) is 12.3 Å². The van der Waals surface area contributed by atoms with Crippen molar-refractivity contribution < 1.29 is 19.4 Å². The number of ether oxygens (including phenoxy) is 1. The highest BCUT2D eigenvalue weighted by Crippen LogP contribution is 2.17. The first-order valence-corrected chi connectivity index (χ1v) is 4.88. The fourth-order valence-corrected chi connectivity index (χ4v) is 1.34. The monoisotopic (exact) mass is 202 g/mol. The Morgan fingerprint density at radius 3 is 2.43 bits per heavy atom. The molecule has 0 aliphatic heterocycles. The third-order valence-corrected chi connectivity index (χ3v) is 2.11. The molecule has 0 amide bonds. The van der Waals surface area contributed by atoms with Crippen LogP contribution in [-0.4, -0.2) is 24.2 Å². The van der Waals surface area contributed by atoms with E-state index in [0.29, 0.717) is 0 Å². The quantitative estimate of drug-likeness (QED) is 0.640. The van der Waals surface area contributed by atoms with E-state index in [1.807, 2.05) is 6.92 Å². The molecule has 0 aliphatic carbocycles. The summed E-state index contributed by atoms with van der Waals surface area (Å²) in [5.41, 5.74) is 0. The molecule has 0 aromatic heterocycles. The van der Waals surface area contributed by atoms with Crippen molar-refractivity contribution in [3.05, 3.63) is 0 Å². The van der Waals surface area contributed by atoms with E-state index in [0.717, 1.165) is 19.3 Å². The maximum Gasteiger partial charge on any atom is 0.305 e. The molecule has 0 bridgehead atoms. The summed E-state index contributed by atoms with van der Waals surface area (Å²) in [6, 6.07) is 0. The number of esters is 1. The molecule has 0 aromatic carbocycles. The van der Waals surface area contributed by atoms with E-state index in [9.17, 15) is 9.59 Å². The first-order valence-electron chi connectivity index (χ1n) is 4.88. The number of carbonyl (C=O) groups excluding carboxylic acids is 1. The Bertz CT molecular complexity index is 189. The van der Waals surface area contributed by atoms with Crippen LogP contribution in [0.5, 0.6) is 0 Å². The number of hydrogen-bond donors (Lipinski definition) is 1. The van der Waals surface area contributed by atoms with E-state index in [-0.39, 0.29) is 24.7 Å². The van der Waals surface area contributed by atoms with Gasteiger partial charge in [-0.2, -0.15) is 0 Å². The number of hydrogen-bond acceptors (Lipinski definition) is 3. The maximum absolute atomic E-state index is 11.0. The molecule has 0 spiro atoms. The van der Waals surface area contributed by atoms with Gasteiger partial charge >= 0.3 is 11.9 Å². The summed E-state index contributed by atoms with van der Waals surface area (Å²) in [4.78, 5) is 21.4. The third kappa shape index (κ3) is 6.46. The zero-order chi connectivity index (χ0) is 11.0. The summed E-state index contributed by atoms with van der Waals surface area (Å²) in [7, 11) is 1.32. The third-order valence-electron chi connectivity index (χ3n) is 2.11. The van der Waals surface area contributed by atoms with E-state index in [4.69, 9.17) is 5.11 Å². The van der Waals surface area contributed by atoms with E-state index in [2.05, 4.69) is 4.74 Å². The molecule has 0 fully saturated rings. The smallest absolute Gasteiger partial charge is 0.305 e. The molecule has 1 atom stereocenters. The maximum atomic E-state index is 11.0. The van der Waals surface area contributed by atoms with Crippen LogP contribution in [0.3, 0.4) is 0 Å². The van der Waals surface area contributed by atoms with E-state index in [1.54, 1.807) is 0 Å². The second-order valence-electron chi connectivity index (χ2n) is 3.39. The fraction of sp³-hybridized carbons (Fsp3) is 0.800. The molecule has 82 valence electrons. The number of carbonyl (C=O) groups is 2. The van der Waals surface area contributed by atoms with Crippen LogP contribution < -0.4 is 0 Å². The van der Waals surface area contributed by atoms with Crippen molar-refractivity contribution in [2.75, 3.05) is 7.11 Å². The molecule has 0 radical (unpaired) electrons. The zero-order valence-electron chi connectivity index (χ0n) is 8.78. The lowest BCUT2D eigenvalue weighted by molar-refractivity contribution is -0.143. The standard InChI is InChI=1S/C10H18O4/c1-3-4-5-8(6-9(11)12)7-10(13)14-2/h8H,3-7H2,1-2H3,(H,11,12). The molecule has 0 aromatic rings. The van der Waals surface area contributed by atoms with E-state index >= 15 is 0 Å². The molecule has 0 aliphatic rings. The van der Waals surface area contributed by atoms with Gasteiger partial charge in [-0.15, -0.1) is 0 Å². The predicted molar refractivity (Wildman–Crippen MR) is 51.9 cm³/mol. The minimum Gasteiger partial charge on any atom is -0.481 e. The van der Waals surface area contributed by atoms with Crippen LogP contribution in [0.2, 0.25) is 0 Å². The average molecular weight is 202 g/mol. The van der Waals surface area contributed by atoms with Gasteiger partial charge in [0.25, 0.3) is 0 Å². The first kappa shape index (κ1) is 12.9. The van der Waals surface area contributed by atoms with Crippen molar-refractivity contribution in [2.45, 2.75) is 39.0 Å². The van der Waals surface area contributed by atoms with Crippen LogP contribution in [0, 0.1) is 5.92 Å². The van der Waals surface area contributed by atoms with E-state index in [1.165, 1.54) is 7.11 Å². The molecule has 0 heterocycles. The summed E-state index contributed by atoms with van der Waals surface area (Å²) >= 11 is 0. The fourth-order valence-electron chi connectivity index (χ4n) is 1.34. The topological polar surface area (TPSA) is 63.6 Å². The zero-order valence-corrected chi connectivity index (χ0v) is 8.78. The SMILES string of the molecule is CCCCC(CC(=O)O)CC(=O)OC. The number of rotatable bonds is 7. The van der Waals surface area contributed by atoms with Crippen LogP contribution in [0.1, 0.15) is 39.0 Å². The minimum absolute atomic E-state index is 0.0507. The number of methoxy groups -OCH3 is 1. The Morgan fingerprint density at radius 2 is 2.00 bits per heavy atom. The molecule has 0 saturated heterocycles. The normalized spacial score (nSPS) is 12.1. The van der Waals surface area contributed by atoms with Crippen LogP contribution >= 0.6 is 0 Å². The summed E-state index contributed by atoms with van der Waals surface area (Å²) in [5.74, 6) is -1.26. The Hall–Kier alpha value is -1.06. The van der Waals surface area contributed by atoms with Gasteiger partial charge in [0.1, 0.15) is 0 Å². The Labute approximate surface area is 84.3 Å². The van der Waals surface area contributed by atoms with Crippen molar-refractivity contribution in [1.29, 1.82) is 0 Å². The average Bonchev–Trinajstić information content (AvgIpc) is 2.13. The molecular formula is C10H18O4. The van der Waals surface area contributed by atoms with Crippen molar-refractivity contribution in [2.24, 2.45) is 5.92 Å². The van der Waals surface area contributed by atoms with Crippen molar-refractivity contribution in [3.8, 4) is 0 Å². The lowest BCUT2D eigenvalue weighted by Gasteiger charge is -2.12. The van der Waals surface area contributed by atoms with Gasteiger partial charge in [0.2, 0.25) is 0 Å². The highest BCUT2D eigenvalue weighted by Gasteiger charge is 2.16. The summed E-state index contributed by atoms with van der Waals surface area (Å²) in [5, 5.41) is 8.62. The number of unbranched alkanes of at least 4 members (excludes halogenated alkanes) is 1. The summed E-state index contributed by atoms with van der Waals surface area (Å²) in [6.07, 6.45) is 3.00. The lowest BCUT2D eigenvalue weighted by atomic mass is 9.95. The molecule has 0 saturated carbocycles. The van der Waals surface area contributed by atoms with E-state index < -0.39 is 5.97 Å². The molecule has 14 heavy (non-hydrogen) atoms. The van der Waals surface area contributed by atoms with Crippen molar-refractivity contribution >= 4 is 11.9 Å². The van der Waals surface area contributed by atoms with Gasteiger partial charge < -0.3 is 9.84 Å². The second-order valence-corrected chi connectivity index (χ2v) is 3.39. The molecule has 4 heteroatoms. The van der Waals surface area contributed by atoms with Gasteiger partial charge in [0.05, 0.1) is 7.11 Å². The largest absolute Gasteiger partial charge is 0.481 e. The second kappa shape index (κ2) is 7.35. The molecular weight excluding hydrogens is 184 g/mol. The summed E-state index contributed by atoms with van der Waals surface area (Å²) in [6.45, 7) is 2.04. The molecule has 1 N–H and O–H groups in total. The van der Waals surface area contributed by atoms with Gasteiger partial charge in [0.15, 0.2) is 0 Å².